The lowest BCUT2D eigenvalue weighted by Gasteiger charge is -2.45. The second-order valence-electron chi connectivity index (χ2n) is 8.13. The summed E-state index contributed by atoms with van der Waals surface area (Å²) in [5.41, 5.74) is 8.80. The second kappa shape index (κ2) is 8.95. The molecule has 2 aromatic rings. The Morgan fingerprint density at radius 3 is 2.73 bits per heavy atom. The minimum absolute atomic E-state index is 0.00608. The summed E-state index contributed by atoms with van der Waals surface area (Å²) in [5, 5.41) is 8.96. The van der Waals surface area contributed by atoms with Gasteiger partial charge in [0.05, 0.1) is 17.3 Å². The number of hydrogen-bond donors (Lipinski definition) is 2. The van der Waals surface area contributed by atoms with Gasteiger partial charge in [-0.05, 0) is 37.0 Å². The van der Waals surface area contributed by atoms with Crippen LogP contribution in [0, 0.1) is 29.1 Å². The Balaban J connectivity index is 1.77. The van der Waals surface area contributed by atoms with Crippen LogP contribution in [0.4, 0.5) is 0 Å². The van der Waals surface area contributed by atoms with E-state index >= 15 is 0 Å². The van der Waals surface area contributed by atoms with E-state index in [1.54, 1.807) is 12.3 Å². The normalized spacial score (nSPS) is 26.5. The van der Waals surface area contributed by atoms with Crippen LogP contribution in [-0.2, 0) is 9.59 Å². The maximum atomic E-state index is 12.6. The van der Waals surface area contributed by atoms with Gasteiger partial charge in [-0.15, -0.1) is 12.6 Å². The van der Waals surface area contributed by atoms with Crippen molar-refractivity contribution < 1.29 is 9.59 Å². The van der Waals surface area contributed by atoms with Crippen molar-refractivity contribution in [1.29, 1.82) is 5.26 Å². The molecule has 4 unspecified atom stereocenters. The minimum atomic E-state index is -0.777. The van der Waals surface area contributed by atoms with Crippen molar-refractivity contribution in [2.75, 3.05) is 0 Å². The largest absolute Gasteiger partial charge is 0.324 e. The summed E-state index contributed by atoms with van der Waals surface area (Å²) in [7, 11) is 0. The van der Waals surface area contributed by atoms with Gasteiger partial charge in [-0.3, -0.25) is 14.6 Å². The van der Waals surface area contributed by atoms with Gasteiger partial charge >= 0.3 is 0 Å². The number of thiol groups is 1. The second-order valence-corrected chi connectivity index (χ2v) is 8.63. The van der Waals surface area contributed by atoms with Crippen LogP contribution < -0.4 is 5.73 Å². The number of hydrogen-bond acceptors (Lipinski definition) is 5. The number of carbonyl (C=O) groups excluding carboxylic acids is 2. The number of benzene rings is 1. The van der Waals surface area contributed by atoms with Gasteiger partial charge < -0.3 is 5.73 Å². The Morgan fingerprint density at radius 2 is 2.10 bits per heavy atom. The Kier molecular flexibility index (Phi) is 6.55. The van der Waals surface area contributed by atoms with Crippen LogP contribution in [0.15, 0.2) is 48.7 Å². The molecule has 1 saturated carbocycles. The first-order chi connectivity index (χ1) is 14.2. The molecule has 1 fully saturated rings. The topological polar surface area (TPSA) is 96.8 Å². The summed E-state index contributed by atoms with van der Waals surface area (Å²) in [6.07, 6.45) is 6.05. The van der Waals surface area contributed by atoms with Gasteiger partial charge in [-0.1, -0.05) is 37.3 Å². The molecule has 5 nitrogen and oxygen atoms in total. The van der Waals surface area contributed by atoms with Crippen LogP contribution in [0.25, 0.3) is 17.2 Å². The van der Waals surface area contributed by atoms with Crippen molar-refractivity contribution in [2.45, 2.75) is 32.2 Å². The van der Waals surface area contributed by atoms with Gasteiger partial charge in [0.2, 0.25) is 0 Å². The number of ketones is 1. The summed E-state index contributed by atoms with van der Waals surface area (Å²) < 4.78 is 0. The number of nitrogens with zero attached hydrogens (tertiary/aromatic N) is 2. The van der Waals surface area contributed by atoms with E-state index in [2.05, 4.69) is 23.7 Å². The molecule has 1 heterocycles. The monoisotopic (exact) mass is 419 g/mol. The molecule has 0 radical (unpaired) electrons. The third-order valence-corrected chi connectivity index (χ3v) is 6.42. The average molecular weight is 420 g/mol. The van der Waals surface area contributed by atoms with E-state index in [4.69, 9.17) is 5.73 Å². The van der Waals surface area contributed by atoms with Crippen molar-refractivity contribution in [3.05, 3.63) is 59.9 Å². The van der Waals surface area contributed by atoms with Crippen molar-refractivity contribution in [2.24, 2.45) is 23.5 Å². The van der Waals surface area contributed by atoms with E-state index in [-0.39, 0.29) is 29.2 Å². The fourth-order valence-electron chi connectivity index (χ4n) is 4.14. The van der Waals surface area contributed by atoms with Gasteiger partial charge in [0.15, 0.2) is 5.12 Å². The molecule has 0 spiro atoms. The summed E-state index contributed by atoms with van der Waals surface area (Å²) in [4.78, 5) is 28.5. The zero-order valence-corrected chi connectivity index (χ0v) is 18.0. The van der Waals surface area contributed by atoms with Crippen LogP contribution in [0.3, 0.4) is 0 Å². The Labute approximate surface area is 182 Å². The molecule has 1 aliphatic carbocycles. The molecule has 3 rings (SSSR count). The maximum absolute atomic E-state index is 12.6. The minimum Gasteiger partial charge on any atom is -0.324 e. The molecule has 4 atom stereocenters. The third-order valence-electron chi connectivity index (χ3n) is 6.24. The molecule has 0 bridgehead atoms. The smallest absolute Gasteiger partial charge is 0.186 e. The molecule has 30 heavy (non-hydrogen) atoms. The van der Waals surface area contributed by atoms with Gasteiger partial charge in [-0.25, -0.2) is 0 Å². The predicted octanol–water partition coefficient (Wildman–Crippen LogP) is 4.04. The summed E-state index contributed by atoms with van der Waals surface area (Å²) in [5.74, 6) is -0.503. The quantitative estimate of drug-likeness (QED) is 0.713. The summed E-state index contributed by atoms with van der Waals surface area (Å²) in [6, 6.07) is 13.4. The molecular formula is C24H25N3O2S. The fraction of sp³-hybridized carbons (Fsp3) is 0.333. The highest BCUT2D eigenvalue weighted by molar-refractivity contribution is 7.96. The van der Waals surface area contributed by atoms with E-state index in [9.17, 15) is 14.9 Å². The maximum Gasteiger partial charge on any atom is 0.186 e. The van der Waals surface area contributed by atoms with Crippen molar-refractivity contribution in [1.82, 2.24) is 4.98 Å². The van der Waals surface area contributed by atoms with Crippen LogP contribution in [0.2, 0.25) is 0 Å². The molecule has 1 aromatic heterocycles. The lowest BCUT2D eigenvalue weighted by atomic mass is 9.62. The number of Topliss-reactive ketones (excluding diaryl/α,β-unsaturated/α-hetero) is 1. The van der Waals surface area contributed by atoms with Crippen molar-refractivity contribution in [3.63, 3.8) is 0 Å². The number of rotatable bonds is 5. The number of aromatic nitrogens is 1. The Morgan fingerprint density at radius 1 is 1.37 bits per heavy atom. The van der Waals surface area contributed by atoms with E-state index in [0.29, 0.717) is 12.0 Å². The Bertz CT molecular complexity index is 1020. The summed E-state index contributed by atoms with van der Waals surface area (Å²) >= 11 is 3.83. The molecule has 2 N–H and O–H groups in total. The number of nitrogens with two attached hydrogens (primary N) is 1. The molecular weight excluding hydrogens is 394 g/mol. The number of nitriles is 1. The van der Waals surface area contributed by atoms with Gasteiger partial charge in [0.1, 0.15) is 5.78 Å². The molecule has 0 saturated heterocycles. The SMILES string of the molecule is CC1C(/C=C/c2ccc(-c3ccccc3C#N)cn2)CC(=O)C(CC(=O)S)C1(C)N. The van der Waals surface area contributed by atoms with Gasteiger partial charge in [0.25, 0.3) is 0 Å². The van der Waals surface area contributed by atoms with E-state index in [1.807, 2.05) is 56.3 Å². The first-order valence-electron chi connectivity index (χ1n) is 9.91. The zero-order chi connectivity index (χ0) is 21.9. The van der Waals surface area contributed by atoms with Crippen LogP contribution >= 0.6 is 12.6 Å². The van der Waals surface area contributed by atoms with E-state index < -0.39 is 11.5 Å². The van der Waals surface area contributed by atoms with Crippen LogP contribution in [-0.4, -0.2) is 21.4 Å². The number of carbonyl (C=O) groups is 2. The average Bonchev–Trinajstić information content (AvgIpc) is 2.73. The zero-order valence-electron chi connectivity index (χ0n) is 17.1. The molecule has 6 heteroatoms. The van der Waals surface area contributed by atoms with Crippen LogP contribution in [0.5, 0.6) is 0 Å². The van der Waals surface area contributed by atoms with E-state index in [0.717, 1.165) is 16.8 Å². The van der Waals surface area contributed by atoms with Crippen LogP contribution in [0.1, 0.15) is 37.9 Å². The predicted molar refractivity (Wildman–Crippen MR) is 120 cm³/mol. The molecule has 1 aliphatic rings. The lowest BCUT2D eigenvalue weighted by molar-refractivity contribution is -0.133. The highest BCUT2D eigenvalue weighted by atomic mass is 32.1. The highest BCUT2D eigenvalue weighted by Crippen LogP contribution is 2.40. The standard InChI is InChI=1S/C24H25N3O2S/c1-15-16(11-22(28)21(12-23(29)30)24(15,2)26)7-9-19-10-8-18(14-27-19)20-6-4-3-5-17(20)13-25/h3-10,14-16,21H,11-12,26H2,1-2H3,(H,29,30)/b9-7+. The lowest BCUT2D eigenvalue weighted by Crippen LogP contribution is -2.58. The molecule has 1 aromatic carbocycles. The Hall–Kier alpha value is -2.75. The highest BCUT2D eigenvalue weighted by Gasteiger charge is 2.47. The van der Waals surface area contributed by atoms with Gasteiger partial charge in [0, 0.05) is 41.6 Å². The summed E-state index contributed by atoms with van der Waals surface area (Å²) in [6.45, 7) is 3.86. The molecule has 154 valence electrons. The number of allylic oxidation sites excluding steroid dienone is 1. The van der Waals surface area contributed by atoms with E-state index in [1.165, 1.54) is 0 Å². The van der Waals surface area contributed by atoms with Crippen molar-refractivity contribution >= 4 is 29.6 Å². The first-order valence-corrected chi connectivity index (χ1v) is 10.4. The van der Waals surface area contributed by atoms with Crippen molar-refractivity contribution in [3.8, 4) is 17.2 Å². The molecule has 0 aliphatic heterocycles. The fourth-order valence-corrected chi connectivity index (χ4v) is 4.32. The van der Waals surface area contributed by atoms with Gasteiger partial charge in [-0.2, -0.15) is 5.26 Å². The first kappa shape index (κ1) is 21.9. The number of pyridine rings is 1. The molecule has 0 amide bonds. The third kappa shape index (κ3) is 4.53.